The van der Waals surface area contributed by atoms with Crippen molar-refractivity contribution < 1.29 is 9.53 Å². The van der Waals surface area contributed by atoms with Gasteiger partial charge in [0.1, 0.15) is 5.75 Å². The lowest BCUT2D eigenvalue weighted by molar-refractivity contribution is -0.123. The topological polar surface area (TPSA) is 50.7 Å². The first-order valence-electron chi connectivity index (χ1n) is 7.20. The number of hydrogen-bond donors (Lipinski definition) is 1. The van der Waals surface area contributed by atoms with Crippen LogP contribution in [-0.2, 0) is 4.79 Å². The van der Waals surface area contributed by atoms with E-state index in [0.717, 1.165) is 42.7 Å². The number of carbonyl (C=O) groups excluding carboxylic acids is 1. The fourth-order valence-electron chi connectivity index (χ4n) is 1.73. The Morgan fingerprint density at radius 2 is 2.05 bits per heavy atom. The normalized spacial score (nSPS) is 11.2. The van der Waals surface area contributed by atoms with Gasteiger partial charge in [-0.25, -0.2) is 5.43 Å². The minimum Gasteiger partial charge on any atom is -0.483 e. The summed E-state index contributed by atoms with van der Waals surface area (Å²) in [6.07, 6.45) is 4.02. The maximum absolute atomic E-state index is 11.7. The molecule has 4 nitrogen and oxygen atoms in total. The predicted octanol–water partition coefficient (Wildman–Crippen LogP) is 3.45. The summed E-state index contributed by atoms with van der Waals surface area (Å²) in [4.78, 5) is 11.7. The van der Waals surface area contributed by atoms with Gasteiger partial charge < -0.3 is 4.74 Å². The SMILES string of the molecule is CCCC/C(CC)=N/NC(=O)COc1ccccc1C. The zero-order valence-corrected chi connectivity index (χ0v) is 12.6. The van der Waals surface area contributed by atoms with Gasteiger partial charge in [0, 0.05) is 5.71 Å². The number of aryl methyl sites for hydroxylation is 1. The van der Waals surface area contributed by atoms with Gasteiger partial charge in [0.05, 0.1) is 0 Å². The second-order valence-electron chi connectivity index (χ2n) is 4.72. The van der Waals surface area contributed by atoms with Gasteiger partial charge in [0.2, 0.25) is 0 Å². The maximum atomic E-state index is 11.7. The lowest BCUT2D eigenvalue weighted by Crippen LogP contribution is -2.26. The van der Waals surface area contributed by atoms with Crippen molar-refractivity contribution in [2.24, 2.45) is 5.10 Å². The molecule has 0 heterocycles. The van der Waals surface area contributed by atoms with Gasteiger partial charge >= 0.3 is 0 Å². The molecule has 0 aliphatic rings. The second kappa shape index (κ2) is 9.13. The Hall–Kier alpha value is -1.84. The monoisotopic (exact) mass is 276 g/mol. The zero-order chi connectivity index (χ0) is 14.8. The third-order valence-corrected chi connectivity index (χ3v) is 3.02. The van der Waals surface area contributed by atoms with Crippen LogP contribution >= 0.6 is 0 Å². The number of benzene rings is 1. The molecule has 0 saturated heterocycles. The molecule has 1 rings (SSSR count). The van der Waals surface area contributed by atoms with E-state index in [-0.39, 0.29) is 12.5 Å². The van der Waals surface area contributed by atoms with E-state index in [2.05, 4.69) is 17.5 Å². The Kier molecular flexibility index (Phi) is 7.40. The summed E-state index contributed by atoms with van der Waals surface area (Å²) in [7, 11) is 0. The van der Waals surface area contributed by atoms with Crippen LogP contribution in [-0.4, -0.2) is 18.2 Å². The minimum absolute atomic E-state index is 0.0148. The summed E-state index contributed by atoms with van der Waals surface area (Å²) in [5, 5.41) is 4.15. The van der Waals surface area contributed by atoms with Gasteiger partial charge in [-0.2, -0.15) is 5.10 Å². The van der Waals surface area contributed by atoms with Gasteiger partial charge in [-0.05, 0) is 37.8 Å². The fourth-order valence-corrected chi connectivity index (χ4v) is 1.73. The van der Waals surface area contributed by atoms with E-state index in [1.165, 1.54) is 0 Å². The lowest BCUT2D eigenvalue weighted by Gasteiger charge is -2.08. The molecule has 0 bridgehead atoms. The molecule has 1 aromatic carbocycles. The highest BCUT2D eigenvalue weighted by Crippen LogP contribution is 2.15. The first kappa shape index (κ1) is 16.2. The van der Waals surface area contributed by atoms with Crippen molar-refractivity contribution in [3.63, 3.8) is 0 Å². The van der Waals surface area contributed by atoms with E-state index in [1.54, 1.807) is 0 Å². The van der Waals surface area contributed by atoms with Crippen LogP contribution < -0.4 is 10.2 Å². The van der Waals surface area contributed by atoms with Gasteiger partial charge in [-0.1, -0.05) is 38.5 Å². The van der Waals surface area contributed by atoms with Crippen molar-refractivity contribution in [3.8, 4) is 5.75 Å². The average molecular weight is 276 g/mol. The van der Waals surface area contributed by atoms with E-state index in [4.69, 9.17) is 4.74 Å². The number of rotatable bonds is 8. The van der Waals surface area contributed by atoms with Crippen molar-refractivity contribution >= 4 is 11.6 Å². The summed E-state index contributed by atoms with van der Waals surface area (Å²) in [6.45, 7) is 6.12. The van der Waals surface area contributed by atoms with Crippen molar-refractivity contribution in [2.75, 3.05) is 6.61 Å². The van der Waals surface area contributed by atoms with Gasteiger partial charge in [0.25, 0.3) is 5.91 Å². The molecule has 0 aromatic heterocycles. The van der Waals surface area contributed by atoms with E-state index >= 15 is 0 Å². The lowest BCUT2D eigenvalue weighted by atomic mass is 10.1. The van der Waals surface area contributed by atoms with Gasteiger partial charge in [0.15, 0.2) is 6.61 Å². The number of amides is 1. The molecule has 110 valence electrons. The number of unbranched alkanes of at least 4 members (excludes halogenated alkanes) is 1. The molecule has 0 spiro atoms. The van der Waals surface area contributed by atoms with Crippen LogP contribution in [0.25, 0.3) is 0 Å². The van der Waals surface area contributed by atoms with E-state index < -0.39 is 0 Å². The third kappa shape index (κ3) is 5.87. The van der Waals surface area contributed by atoms with E-state index in [9.17, 15) is 4.79 Å². The zero-order valence-electron chi connectivity index (χ0n) is 12.6. The van der Waals surface area contributed by atoms with Crippen LogP contribution in [0.5, 0.6) is 5.75 Å². The highest BCUT2D eigenvalue weighted by Gasteiger charge is 2.04. The van der Waals surface area contributed by atoms with Crippen molar-refractivity contribution in [2.45, 2.75) is 46.5 Å². The summed E-state index contributed by atoms with van der Waals surface area (Å²) in [5.74, 6) is 0.504. The van der Waals surface area contributed by atoms with Crippen molar-refractivity contribution in [1.29, 1.82) is 0 Å². The Balaban J connectivity index is 2.40. The molecule has 1 N–H and O–H groups in total. The number of hydrazone groups is 1. The van der Waals surface area contributed by atoms with Crippen LogP contribution in [0.15, 0.2) is 29.4 Å². The Labute approximate surface area is 121 Å². The van der Waals surface area contributed by atoms with Crippen LogP contribution in [0, 0.1) is 6.92 Å². The molecular formula is C16H24N2O2. The number of nitrogens with zero attached hydrogens (tertiary/aromatic N) is 1. The Morgan fingerprint density at radius 1 is 1.30 bits per heavy atom. The van der Waals surface area contributed by atoms with Crippen LogP contribution in [0.3, 0.4) is 0 Å². The third-order valence-electron chi connectivity index (χ3n) is 3.02. The molecule has 0 saturated carbocycles. The summed E-state index contributed by atoms with van der Waals surface area (Å²) >= 11 is 0. The molecule has 4 heteroatoms. The number of ether oxygens (including phenoxy) is 1. The molecule has 0 fully saturated rings. The first-order chi connectivity index (χ1) is 9.67. The molecule has 0 radical (unpaired) electrons. The second-order valence-corrected chi connectivity index (χ2v) is 4.72. The number of nitrogens with one attached hydrogen (secondary N) is 1. The van der Waals surface area contributed by atoms with Crippen molar-refractivity contribution in [1.82, 2.24) is 5.43 Å². The molecule has 1 aromatic rings. The predicted molar refractivity (Wildman–Crippen MR) is 82.1 cm³/mol. The van der Waals surface area contributed by atoms with Gasteiger partial charge in [-0.15, -0.1) is 0 Å². The van der Waals surface area contributed by atoms with E-state index in [1.807, 2.05) is 38.1 Å². The quantitative estimate of drug-likeness (QED) is 0.584. The smallest absolute Gasteiger partial charge is 0.277 e. The minimum atomic E-state index is -0.226. The fraction of sp³-hybridized carbons (Fsp3) is 0.500. The molecule has 0 aliphatic carbocycles. The number of carbonyl (C=O) groups is 1. The highest BCUT2D eigenvalue weighted by atomic mass is 16.5. The molecule has 0 unspecified atom stereocenters. The molecule has 1 amide bonds. The van der Waals surface area contributed by atoms with Crippen LogP contribution in [0.4, 0.5) is 0 Å². The molecule has 0 aliphatic heterocycles. The first-order valence-corrected chi connectivity index (χ1v) is 7.20. The number of hydrogen-bond acceptors (Lipinski definition) is 3. The standard InChI is InChI=1S/C16H24N2O2/c1-4-6-10-14(5-2)17-18-16(19)12-20-15-11-8-7-9-13(15)3/h7-9,11H,4-6,10,12H2,1-3H3,(H,18,19)/b17-14+. The van der Waals surface area contributed by atoms with Crippen LogP contribution in [0.2, 0.25) is 0 Å². The largest absolute Gasteiger partial charge is 0.483 e. The van der Waals surface area contributed by atoms with Crippen LogP contribution in [0.1, 0.15) is 45.1 Å². The van der Waals surface area contributed by atoms with E-state index in [0.29, 0.717) is 0 Å². The molecule has 0 atom stereocenters. The average Bonchev–Trinajstić information content (AvgIpc) is 2.46. The Bertz CT molecular complexity index is 456. The maximum Gasteiger partial charge on any atom is 0.277 e. The van der Waals surface area contributed by atoms with Gasteiger partial charge in [-0.3, -0.25) is 4.79 Å². The summed E-state index contributed by atoms with van der Waals surface area (Å²) < 4.78 is 5.46. The molecule has 20 heavy (non-hydrogen) atoms. The van der Waals surface area contributed by atoms with Crippen molar-refractivity contribution in [3.05, 3.63) is 29.8 Å². The summed E-state index contributed by atoms with van der Waals surface area (Å²) in [6, 6.07) is 7.63. The summed E-state index contributed by atoms with van der Waals surface area (Å²) in [5.41, 5.74) is 4.60. The molecular weight excluding hydrogens is 252 g/mol. The Morgan fingerprint density at radius 3 is 2.70 bits per heavy atom. The number of para-hydroxylation sites is 1. The highest BCUT2D eigenvalue weighted by molar-refractivity contribution is 5.86.